The highest BCUT2D eigenvalue weighted by molar-refractivity contribution is 6.32. The monoisotopic (exact) mass is 489 g/mol. The van der Waals surface area contributed by atoms with Crippen LogP contribution < -0.4 is 5.32 Å². The fourth-order valence-electron chi connectivity index (χ4n) is 3.55. The minimum absolute atomic E-state index is 0.140. The minimum Gasteiger partial charge on any atom is -0.373 e. The fraction of sp³-hybridized carbons (Fsp3) is 0.296. The topological polar surface area (TPSA) is 89.9 Å². The Morgan fingerprint density at radius 3 is 2.57 bits per heavy atom. The number of nitrogens with one attached hydrogen (secondary N) is 1. The van der Waals surface area contributed by atoms with Gasteiger partial charge in [-0.25, -0.2) is 15.0 Å². The van der Waals surface area contributed by atoms with Crippen LogP contribution in [0.4, 0.5) is 11.5 Å². The average Bonchev–Trinajstić information content (AvgIpc) is 2.84. The molecule has 1 N–H and O–H groups in total. The summed E-state index contributed by atoms with van der Waals surface area (Å²) in [5.74, 6) is 1.67. The summed E-state index contributed by atoms with van der Waals surface area (Å²) in [6.45, 7) is 7.05. The molecule has 35 heavy (non-hydrogen) atoms. The van der Waals surface area contributed by atoms with E-state index >= 15 is 0 Å². The number of pyridine rings is 2. The molecule has 0 aliphatic rings. The number of ether oxygens (including phenoxy) is 1. The summed E-state index contributed by atoms with van der Waals surface area (Å²) in [6.07, 6.45) is 3.05. The van der Waals surface area contributed by atoms with Gasteiger partial charge in [-0.05, 0) is 60.9 Å². The third-order valence-electron chi connectivity index (χ3n) is 5.24. The molecule has 4 rings (SSSR count). The molecule has 4 aromatic rings. The normalized spacial score (nSPS) is 11.2. The number of nitrogens with zero attached hydrogens (tertiary/aromatic N) is 4. The number of halogens is 1. The van der Waals surface area contributed by atoms with E-state index in [1.54, 1.807) is 18.3 Å². The molecule has 0 radical (unpaired) electrons. The van der Waals surface area contributed by atoms with Gasteiger partial charge >= 0.3 is 0 Å². The number of carbonyl (C=O) groups is 1. The first-order valence-corrected chi connectivity index (χ1v) is 12.1. The molecular weight excluding hydrogens is 462 g/mol. The molecule has 0 fully saturated rings. The Balaban J connectivity index is 1.70. The predicted molar refractivity (Wildman–Crippen MR) is 139 cm³/mol. The lowest BCUT2D eigenvalue weighted by molar-refractivity contribution is 0.0925. The maximum atomic E-state index is 12.2. The van der Waals surface area contributed by atoms with Crippen LogP contribution in [0.5, 0.6) is 0 Å². The molecule has 0 spiro atoms. The van der Waals surface area contributed by atoms with E-state index in [1.807, 2.05) is 43.3 Å². The molecule has 0 bridgehead atoms. The predicted octanol–water partition coefficient (Wildman–Crippen LogP) is 6.64. The highest BCUT2D eigenvalue weighted by atomic mass is 35.5. The van der Waals surface area contributed by atoms with Crippen LogP contribution in [-0.4, -0.2) is 32.3 Å². The van der Waals surface area contributed by atoms with Crippen molar-refractivity contribution in [3.63, 3.8) is 0 Å². The van der Waals surface area contributed by atoms with Gasteiger partial charge in [0, 0.05) is 30.5 Å². The number of carbonyl (C=O) groups excluding carboxylic acids is 1. The van der Waals surface area contributed by atoms with Gasteiger partial charge in [-0.3, -0.25) is 9.78 Å². The van der Waals surface area contributed by atoms with E-state index in [0.717, 1.165) is 17.5 Å². The smallest absolute Gasteiger partial charge is 0.165 e. The summed E-state index contributed by atoms with van der Waals surface area (Å²) in [7, 11) is 0. The average molecular weight is 490 g/mol. The third-order valence-corrected chi connectivity index (χ3v) is 5.54. The lowest BCUT2D eigenvalue weighted by atomic mass is 10.1. The zero-order valence-corrected chi connectivity index (χ0v) is 20.8. The van der Waals surface area contributed by atoms with Crippen molar-refractivity contribution in [1.29, 1.82) is 0 Å². The van der Waals surface area contributed by atoms with Crippen LogP contribution in [0.25, 0.3) is 22.4 Å². The van der Waals surface area contributed by atoms with Gasteiger partial charge in [0.2, 0.25) is 0 Å². The lowest BCUT2D eigenvalue weighted by Gasteiger charge is -2.13. The molecule has 7 nitrogen and oxygen atoms in total. The Hall–Kier alpha value is -3.42. The number of hydrogen-bond acceptors (Lipinski definition) is 7. The molecule has 0 saturated carbocycles. The lowest BCUT2D eigenvalue weighted by Crippen LogP contribution is -2.08. The largest absolute Gasteiger partial charge is 0.373 e. The number of ketones is 1. The van der Waals surface area contributed by atoms with Crippen molar-refractivity contribution in [2.24, 2.45) is 5.92 Å². The molecule has 180 valence electrons. The maximum absolute atomic E-state index is 12.2. The van der Waals surface area contributed by atoms with Crippen LogP contribution >= 0.6 is 11.6 Å². The molecule has 0 aliphatic carbocycles. The van der Waals surface area contributed by atoms with Crippen molar-refractivity contribution < 1.29 is 9.53 Å². The van der Waals surface area contributed by atoms with Crippen LogP contribution in [0.3, 0.4) is 0 Å². The Morgan fingerprint density at radius 1 is 1.06 bits per heavy atom. The van der Waals surface area contributed by atoms with Gasteiger partial charge in [0.25, 0.3) is 0 Å². The molecule has 3 heterocycles. The van der Waals surface area contributed by atoms with Gasteiger partial charge in [0.1, 0.15) is 18.1 Å². The summed E-state index contributed by atoms with van der Waals surface area (Å²) in [5, 5.41) is 4.62. The van der Waals surface area contributed by atoms with Crippen LogP contribution in [0, 0.1) is 5.92 Å². The Labute approximate surface area is 210 Å². The number of anilines is 2. The second-order valence-corrected chi connectivity index (χ2v) is 9.08. The van der Waals surface area contributed by atoms with Gasteiger partial charge < -0.3 is 10.1 Å². The highest BCUT2D eigenvalue weighted by Gasteiger charge is 2.14. The zero-order valence-electron chi connectivity index (χ0n) is 20.1. The van der Waals surface area contributed by atoms with Crippen LogP contribution in [0.15, 0.2) is 54.7 Å². The molecule has 0 unspecified atom stereocenters. The maximum Gasteiger partial charge on any atom is 0.165 e. The van der Waals surface area contributed by atoms with E-state index in [0.29, 0.717) is 58.2 Å². The molecule has 1 aromatic carbocycles. The Kier molecular flexibility index (Phi) is 8.00. The number of fused-ring (bicyclic) bond motifs is 1. The van der Waals surface area contributed by atoms with Gasteiger partial charge in [-0.2, -0.15) is 0 Å². The van der Waals surface area contributed by atoms with Gasteiger partial charge in [0.15, 0.2) is 17.3 Å². The number of hydrogen-bond donors (Lipinski definition) is 1. The first-order valence-electron chi connectivity index (χ1n) is 11.7. The Bertz CT molecular complexity index is 1330. The molecule has 0 saturated heterocycles. The van der Waals surface area contributed by atoms with Crippen LogP contribution in [0.2, 0.25) is 5.02 Å². The number of aromatic nitrogens is 4. The van der Waals surface area contributed by atoms with Gasteiger partial charge in [0.05, 0.1) is 16.1 Å². The van der Waals surface area contributed by atoms with Crippen molar-refractivity contribution in [2.75, 3.05) is 11.9 Å². The van der Waals surface area contributed by atoms with Crippen LogP contribution in [0.1, 0.15) is 49.8 Å². The van der Waals surface area contributed by atoms with Crippen molar-refractivity contribution >= 4 is 39.9 Å². The number of rotatable bonds is 10. The van der Waals surface area contributed by atoms with Crippen LogP contribution in [-0.2, 0) is 11.3 Å². The summed E-state index contributed by atoms with van der Waals surface area (Å²) in [4.78, 5) is 30.6. The standard InChI is InChI=1S/C27H28ClN5O2/c1-4-6-23(34)18-8-10-19(11-9-18)30-26-20-12-13-22(25-21(28)7-5-14-29-25)31-27(20)33-24(32-26)16-35-15-17(2)3/h5,7-14,17H,4,6,15-16H2,1-3H3,(H,30,31,32,33). The number of Topliss-reactive ketones (excluding diaryl/α,β-unsaturated/α-hetero) is 1. The summed E-state index contributed by atoms with van der Waals surface area (Å²) < 4.78 is 5.78. The molecular formula is C27H28ClN5O2. The summed E-state index contributed by atoms with van der Waals surface area (Å²) >= 11 is 6.34. The van der Waals surface area contributed by atoms with Crippen molar-refractivity contribution in [1.82, 2.24) is 19.9 Å². The zero-order chi connectivity index (χ0) is 24.8. The second kappa shape index (κ2) is 11.3. The quantitative estimate of drug-likeness (QED) is 0.250. The third kappa shape index (κ3) is 6.18. The molecule has 3 aromatic heterocycles. The SMILES string of the molecule is CCCC(=O)c1ccc(Nc2nc(COCC(C)C)nc3nc(-c4ncccc4Cl)ccc23)cc1. The summed E-state index contributed by atoms with van der Waals surface area (Å²) in [6, 6.07) is 14.7. The van der Waals surface area contributed by atoms with Gasteiger partial charge in [-0.15, -0.1) is 0 Å². The van der Waals surface area contributed by atoms with Crippen molar-refractivity contribution in [3.8, 4) is 11.4 Å². The van der Waals surface area contributed by atoms with Crippen molar-refractivity contribution in [3.05, 3.63) is 71.1 Å². The van der Waals surface area contributed by atoms with E-state index in [1.165, 1.54) is 0 Å². The van der Waals surface area contributed by atoms with E-state index in [9.17, 15) is 4.79 Å². The van der Waals surface area contributed by atoms with Gasteiger partial charge in [-0.1, -0.05) is 32.4 Å². The van der Waals surface area contributed by atoms with E-state index < -0.39 is 0 Å². The molecule has 8 heteroatoms. The summed E-state index contributed by atoms with van der Waals surface area (Å²) in [5.41, 5.74) is 3.24. The first-order chi connectivity index (χ1) is 16.9. The molecule has 0 amide bonds. The van der Waals surface area contributed by atoms with E-state index in [4.69, 9.17) is 26.3 Å². The second-order valence-electron chi connectivity index (χ2n) is 8.67. The Morgan fingerprint density at radius 2 is 1.86 bits per heavy atom. The first kappa shape index (κ1) is 24.7. The fourth-order valence-corrected chi connectivity index (χ4v) is 3.77. The highest BCUT2D eigenvalue weighted by Crippen LogP contribution is 2.29. The van der Waals surface area contributed by atoms with E-state index in [2.05, 4.69) is 29.1 Å². The van der Waals surface area contributed by atoms with E-state index in [-0.39, 0.29) is 12.4 Å². The molecule has 0 aliphatic heterocycles. The minimum atomic E-state index is 0.140. The van der Waals surface area contributed by atoms with Crippen molar-refractivity contribution in [2.45, 2.75) is 40.2 Å². The number of benzene rings is 1. The molecule has 0 atom stereocenters.